The predicted octanol–water partition coefficient (Wildman–Crippen LogP) is 4.19. The Morgan fingerprint density at radius 1 is 1.24 bits per heavy atom. The lowest BCUT2D eigenvalue weighted by Gasteiger charge is -2.13. The molecule has 0 radical (unpaired) electrons. The quantitative estimate of drug-likeness (QED) is 0.655. The van der Waals surface area contributed by atoms with Crippen molar-refractivity contribution in [3.8, 4) is 0 Å². The van der Waals surface area contributed by atoms with Crippen LogP contribution in [0.2, 0.25) is 5.02 Å². The first kappa shape index (κ1) is 15.7. The minimum Gasteiger partial charge on any atom is -0.384 e. The van der Waals surface area contributed by atoms with Crippen LogP contribution >= 0.6 is 23.4 Å². The third kappa shape index (κ3) is 3.89. The molecule has 110 valence electrons. The number of benzene rings is 1. The monoisotopic (exact) mass is 331 g/mol. The maximum atomic E-state index is 12.8. The molecular formula is C13H9ClF3N3S. The molecule has 21 heavy (non-hydrogen) atoms. The van der Waals surface area contributed by atoms with Crippen molar-refractivity contribution in [2.45, 2.75) is 16.1 Å². The fourth-order valence-corrected chi connectivity index (χ4v) is 2.51. The van der Waals surface area contributed by atoms with Gasteiger partial charge in [-0.25, -0.2) is 4.98 Å². The van der Waals surface area contributed by atoms with E-state index in [-0.39, 0.29) is 5.56 Å². The van der Waals surface area contributed by atoms with E-state index in [0.29, 0.717) is 14.9 Å². The highest BCUT2D eigenvalue weighted by Crippen LogP contribution is 2.35. The molecule has 2 aromatic rings. The Hall–Kier alpha value is -1.73. The van der Waals surface area contributed by atoms with E-state index in [1.54, 1.807) is 12.1 Å². The highest BCUT2D eigenvalue weighted by molar-refractivity contribution is 7.99. The number of pyridine rings is 1. The van der Waals surface area contributed by atoms with Gasteiger partial charge in [-0.3, -0.25) is 5.41 Å². The summed E-state index contributed by atoms with van der Waals surface area (Å²) < 4.78 is 38.5. The molecule has 0 saturated carbocycles. The minimum absolute atomic E-state index is 0.346. The molecule has 1 aromatic heterocycles. The number of nitrogens with zero attached hydrogens (tertiary/aromatic N) is 1. The second kappa shape index (κ2) is 5.95. The summed E-state index contributed by atoms with van der Waals surface area (Å²) in [5.74, 6) is -0.631. The standard InChI is InChI=1S/C13H9ClF3N3S/c14-7-1-4-11(20-6-7)21-8-2-3-10(13(15,16)17)9(5-8)12(18)19/h1-6H,(H3,18,19). The van der Waals surface area contributed by atoms with E-state index >= 15 is 0 Å². The molecule has 0 spiro atoms. The summed E-state index contributed by atoms with van der Waals surface area (Å²) in [6.45, 7) is 0. The molecule has 8 heteroatoms. The molecule has 0 bridgehead atoms. The Morgan fingerprint density at radius 2 is 1.95 bits per heavy atom. The predicted molar refractivity (Wildman–Crippen MR) is 75.8 cm³/mol. The number of rotatable bonds is 3. The van der Waals surface area contributed by atoms with E-state index in [1.807, 2.05) is 0 Å². The van der Waals surface area contributed by atoms with Crippen LogP contribution in [0.25, 0.3) is 0 Å². The molecule has 3 N–H and O–H groups in total. The van der Waals surface area contributed by atoms with Crippen molar-refractivity contribution in [1.82, 2.24) is 4.98 Å². The summed E-state index contributed by atoms with van der Waals surface area (Å²) in [5.41, 5.74) is 3.96. The first-order valence-corrected chi connectivity index (χ1v) is 6.82. The maximum Gasteiger partial charge on any atom is 0.417 e. The van der Waals surface area contributed by atoms with Gasteiger partial charge in [-0.1, -0.05) is 23.4 Å². The fraction of sp³-hybridized carbons (Fsp3) is 0.0769. The Kier molecular flexibility index (Phi) is 4.43. The van der Waals surface area contributed by atoms with E-state index in [9.17, 15) is 13.2 Å². The first-order chi connectivity index (χ1) is 9.77. The largest absolute Gasteiger partial charge is 0.417 e. The molecule has 0 aliphatic heterocycles. The molecule has 0 unspecified atom stereocenters. The number of hydrogen-bond donors (Lipinski definition) is 2. The van der Waals surface area contributed by atoms with Crippen molar-refractivity contribution in [1.29, 1.82) is 5.41 Å². The van der Waals surface area contributed by atoms with E-state index in [2.05, 4.69) is 4.98 Å². The van der Waals surface area contributed by atoms with Crippen molar-refractivity contribution >= 4 is 29.2 Å². The lowest BCUT2D eigenvalue weighted by atomic mass is 10.1. The smallest absolute Gasteiger partial charge is 0.384 e. The fourth-order valence-electron chi connectivity index (χ4n) is 1.60. The van der Waals surface area contributed by atoms with Crippen LogP contribution in [-0.4, -0.2) is 10.8 Å². The zero-order chi connectivity index (χ0) is 15.6. The van der Waals surface area contributed by atoms with Crippen molar-refractivity contribution in [3.05, 3.63) is 52.7 Å². The van der Waals surface area contributed by atoms with Crippen LogP contribution < -0.4 is 5.73 Å². The van der Waals surface area contributed by atoms with Gasteiger partial charge in [0.05, 0.1) is 10.6 Å². The van der Waals surface area contributed by atoms with Gasteiger partial charge in [0, 0.05) is 16.7 Å². The lowest BCUT2D eigenvalue weighted by Crippen LogP contribution is -2.18. The number of nitrogens with one attached hydrogen (secondary N) is 1. The molecule has 0 aliphatic rings. The summed E-state index contributed by atoms with van der Waals surface area (Å²) in [5, 5.41) is 8.34. The number of amidine groups is 1. The molecule has 2 rings (SSSR count). The van der Waals surface area contributed by atoms with Crippen molar-refractivity contribution in [3.63, 3.8) is 0 Å². The Labute approximate surface area is 127 Å². The van der Waals surface area contributed by atoms with Crippen LogP contribution in [0, 0.1) is 5.41 Å². The van der Waals surface area contributed by atoms with Gasteiger partial charge in [-0.05, 0) is 30.3 Å². The van der Waals surface area contributed by atoms with Gasteiger partial charge in [-0.2, -0.15) is 13.2 Å². The Bertz CT molecular complexity index is 671. The molecule has 0 fully saturated rings. The number of halogens is 4. The van der Waals surface area contributed by atoms with Crippen LogP contribution in [0.4, 0.5) is 13.2 Å². The zero-order valence-electron chi connectivity index (χ0n) is 10.4. The molecule has 0 aliphatic carbocycles. The normalized spacial score (nSPS) is 11.4. The summed E-state index contributed by atoms with van der Waals surface area (Å²) in [6.07, 6.45) is -3.11. The van der Waals surface area contributed by atoms with Crippen molar-refractivity contribution in [2.75, 3.05) is 0 Å². The summed E-state index contributed by atoms with van der Waals surface area (Å²) in [7, 11) is 0. The second-order valence-electron chi connectivity index (χ2n) is 4.04. The highest BCUT2D eigenvalue weighted by Gasteiger charge is 2.34. The molecular weight excluding hydrogens is 323 g/mol. The van der Waals surface area contributed by atoms with E-state index in [4.69, 9.17) is 22.7 Å². The zero-order valence-corrected chi connectivity index (χ0v) is 12.0. The summed E-state index contributed by atoms with van der Waals surface area (Å²) in [4.78, 5) is 4.55. The molecule has 1 heterocycles. The third-order valence-corrected chi connectivity index (χ3v) is 3.67. The molecule has 0 atom stereocenters. The van der Waals surface area contributed by atoms with Gasteiger partial charge in [-0.15, -0.1) is 0 Å². The van der Waals surface area contributed by atoms with Crippen molar-refractivity contribution < 1.29 is 13.2 Å². The first-order valence-electron chi connectivity index (χ1n) is 5.62. The van der Waals surface area contributed by atoms with Crippen LogP contribution in [0.1, 0.15) is 11.1 Å². The van der Waals surface area contributed by atoms with Gasteiger partial charge in [0.2, 0.25) is 0 Å². The van der Waals surface area contributed by atoms with Crippen LogP contribution in [0.15, 0.2) is 46.5 Å². The lowest BCUT2D eigenvalue weighted by molar-refractivity contribution is -0.137. The number of alkyl halides is 3. The van der Waals surface area contributed by atoms with Gasteiger partial charge < -0.3 is 5.73 Å². The molecule has 0 amide bonds. The number of aromatic nitrogens is 1. The van der Waals surface area contributed by atoms with E-state index in [0.717, 1.165) is 17.8 Å². The number of nitrogens with two attached hydrogens (primary N) is 1. The average molecular weight is 332 g/mol. The van der Waals surface area contributed by atoms with Crippen LogP contribution in [-0.2, 0) is 6.18 Å². The van der Waals surface area contributed by atoms with Gasteiger partial charge in [0.1, 0.15) is 10.9 Å². The van der Waals surface area contributed by atoms with Crippen LogP contribution in [0.5, 0.6) is 0 Å². The number of nitrogen functional groups attached to an aromatic ring is 1. The molecule has 0 saturated heterocycles. The second-order valence-corrected chi connectivity index (χ2v) is 5.57. The van der Waals surface area contributed by atoms with Gasteiger partial charge in [0.15, 0.2) is 0 Å². The minimum atomic E-state index is -4.55. The molecule has 1 aromatic carbocycles. The van der Waals surface area contributed by atoms with Gasteiger partial charge in [0.25, 0.3) is 0 Å². The Balaban J connectivity index is 2.36. The number of hydrogen-bond acceptors (Lipinski definition) is 3. The van der Waals surface area contributed by atoms with E-state index in [1.165, 1.54) is 18.3 Å². The summed E-state index contributed by atoms with van der Waals surface area (Å²) >= 11 is 6.87. The highest BCUT2D eigenvalue weighted by atomic mass is 35.5. The topological polar surface area (TPSA) is 62.8 Å². The van der Waals surface area contributed by atoms with E-state index < -0.39 is 17.6 Å². The van der Waals surface area contributed by atoms with Crippen LogP contribution in [0.3, 0.4) is 0 Å². The average Bonchev–Trinajstić information content (AvgIpc) is 2.40. The third-order valence-electron chi connectivity index (χ3n) is 2.51. The van der Waals surface area contributed by atoms with Crippen molar-refractivity contribution in [2.24, 2.45) is 5.73 Å². The SMILES string of the molecule is N=C(N)c1cc(Sc2ccc(Cl)cn2)ccc1C(F)(F)F. The molecule has 3 nitrogen and oxygen atoms in total. The Morgan fingerprint density at radius 3 is 2.48 bits per heavy atom. The maximum absolute atomic E-state index is 12.8. The van der Waals surface area contributed by atoms with Gasteiger partial charge >= 0.3 is 6.18 Å². The summed E-state index contributed by atoms with van der Waals surface area (Å²) in [6, 6.07) is 6.74.